The first-order valence-electron chi connectivity index (χ1n) is 13.1. The Morgan fingerprint density at radius 3 is 2.50 bits per heavy atom. The Balaban J connectivity index is 1.57. The number of aromatic hydroxyl groups is 1. The van der Waals surface area contributed by atoms with E-state index in [1.165, 1.54) is 22.9 Å². The van der Waals surface area contributed by atoms with Gasteiger partial charge in [-0.15, -0.1) is 11.8 Å². The van der Waals surface area contributed by atoms with Gasteiger partial charge in [0.1, 0.15) is 17.6 Å². The normalized spacial score (nSPS) is 17.7. The van der Waals surface area contributed by atoms with Crippen LogP contribution in [-0.2, 0) is 22.6 Å². The second-order valence-electron chi connectivity index (χ2n) is 10.5. The van der Waals surface area contributed by atoms with Crippen molar-refractivity contribution in [2.24, 2.45) is 0 Å². The highest BCUT2D eigenvalue weighted by Gasteiger charge is 2.49. The summed E-state index contributed by atoms with van der Waals surface area (Å²) in [5.74, 6) is -0.730. The van der Waals surface area contributed by atoms with Gasteiger partial charge in [0, 0.05) is 15.9 Å². The molecule has 2 heterocycles. The maximum Gasteiger partial charge on any atom is 0.254 e. The lowest BCUT2D eigenvalue weighted by Gasteiger charge is -2.33. The third-order valence-corrected chi connectivity index (χ3v) is 8.60. The molecule has 4 N–H and O–H groups in total. The second kappa shape index (κ2) is 12.2. The minimum absolute atomic E-state index is 0.0172. The lowest BCUT2D eigenvalue weighted by molar-refractivity contribution is -0.147. The topological polar surface area (TPSA) is 132 Å². The Bertz CT molecular complexity index is 1360. The van der Waals surface area contributed by atoms with Gasteiger partial charge >= 0.3 is 0 Å². The number of nitrogens with zero attached hydrogens (tertiary/aromatic N) is 1. The number of thioether (sulfide) groups is 1. The number of rotatable bonds is 9. The van der Waals surface area contributed by atoms with Crippen molar-refractivity contribution in [3.8, 4) is 5.75 Å². The SMILES string of the molecule is Cc1ccc(C(=O)NC(Cc2ccccc2)C(O)C(=O)N2CSC(C)(C)C2C(=O)NCc2ccco2)c(C)c1O. The number of aliphatic hydroxyl groups excluding tert-OH is 1. The molecule has 4 rings (SSSR count). The van der Waals surface area contributed by atoms with E-state index < -0.39 is 34.7 Å². The van der Waals surface area contributed by atoms with Crippen LogP contribution in [0.5, 0.6) is 5.75 Å². The number of amides is 3. The predicted octanol–water partition coefficient (Wildman–Crippen LogP) is 3.30. The van der Waals surface area contributed by atoms with Crippen molar-refractivity contribution in [2.45, 2.75) is 63.6 Å². The van der Waals surface area contributed by atoms with Crippen molar-refractivity contribution < 1.29 is 29.0 Å². The van der Waals surface area contributed by atoms with Crippen LogP contribution < -0.4 is 10.6 Å². The fourth-order valence-electron chi connectivity index (χ4n) is 4.88. The molecule has 0 aliphatic carbocycles. The van der Waals surface area contributed by atoms with E-state index in [0.29, 0.717) is 16.9 Å². The molecule has 10 heteroatoms. The highest BCUT2D eigenvalue weighted by atomic mass is 32.2. The van der Waals surface area contributed by atoms with Gasteiger partial charge in [0.2, 0.25) is 5.91 Å². The van der Waals surface area contributed by atoms with Crippen molar-refractivity contribution in [3.63, 3.8) is 0 Å². The summed E-state index contributed by atoms with van der Waals surface area (Å²) in [6, 6.07) is 14.1. The summed E-state index contributed by atoms with van der Waals surface area (Å²) in [5.41, 5.74) is 2.10. The molecule has 0 bridgehead atoms. The average Bonchev–Trinajstić information content (AvgIpc) is 3.57. The molecule has 3 aromatic rings. The first kappa shape index (κ1) is 29.2. The number of hydrogen-bond acceptors (Lipinski definition) is 7. The zero-order valence-corrected chi connectivity index (χ0v) is 23.8. The Morgan fingerprint density at radius 2 is 1.82 bits per heavy atom. The van der Waals surface area contributed by atoms with Gasteiger partial charge in [0.05, 0.1) is 24.7 Å². The van der Waals surface area contributed by atoms with Crippen LogP contribution >= 0.6 is 11.8 Å². The number of benzene rings is 2. The molecule has 9 nitrogen and oxygen atoms in total. The summed E-state index contributed by atoms with van der Waals surface area (Å²) in [5, 5.41) is 27.4. The van der Waals surface area contributed by atoms with Gasteiger partial charge < -0.3 is 30.2 Å². The zero-order chi connectivity index (χ0) is 29.0. The summed E-state index contributed by atoms with van der Waals surface area (Å²) in [7, 11) is 0. The number of nitrogens with one attached hydrogen (secondary N) is 2. The summed E-state index contributed by atoms with van der Waals surface area (Å²) < 4.78 is 4.68. The molecule has 1 aliphatic heterocycles. The van der Waals surface area contributed by atoms with Gasteiger partial charge in [-0.05, 0) is 63.4 Å². The lowest BCUT2D eigenvalue weighted by Crippen LogP contribution is -2.58. The minimum Gasteiger partial charge on any atom is -0.507 e. The van der Waals surface area contributed by atoms with Crippen molar-refractivity contribution >= 4 is 29.5 Å². The van der Waals surface area contributed by atoms with E-state index in [1.807, 2.05) is 44.2 Å². The van der Waals surface area contributed by atoms with E-state index in [4.69, 9.17) is 4.42 Å². The summed E-state index contributed by atoms with van der Waals surface area (Å²) in [6.07, 6.45) is 0.0677. The largest absolute Gasteiger partial charge is 0.507 e. The van der Waals surface area contributed by atoms with Crippen LogP contribution in [0.3, 0.4) is 0 Å². The molecular weight excluding hydrogens is 530 g/mol. The summed E-state index contributed by atoms with van der Waals surface area (Å²) >= 11 is 1.44. The molecule has 1 aromatic heterocycles. The molecule has 2 aromatic carbocycles. The number of phenolic OH excluding ortho intramolecular Hbond substituents is 1. The number of aryl methyl sites for hydroxylation is 1. The van der Waals surface area contributed by atoms with Crippen LogP contribution in [-0.4, -0.2) is 61.6 Å². The lowest BCUT2D eigenvalue weighted by atomic mass is 9.96. The van der Waals surface area contributed by atoms with Crippen molar-refractivity contribution in [1.29, 1.82) is 0 Å². The quantitative estimate of drug-likeness (QED) is 0.313. The number of phenols is 1. The van der Waals surface area contributed by atoms with Crippen LogP contribution in [0.2, 0.25) is 0 Å². The second-order valence-corrected chi connectivity index (χ2v) is 12.1. The van der Waals surface area contributed by atoms with Gasteiger partial charge in [-0.2, -0.15) is 0 Å². The van der Waals surface area contributed by atoms with Crippen LogP contribution in [0.1, 0.15) is 46.7 Å². The van der Waals surface area contributed by atoms with Crippen molar-refractivity contribution in [2.75, 3.05) is 5.88 Å². The standard InChI is InChI=1S/C30H35N3O6S/c1-18-12-13-22(19(2)24(18)34)27(36)32-23(15-20-9-6-5-7-10-20)25(35)29(38)33-17-40-30(3,4)26(33)28(37)31-16-21-11-8-14-39-21/h5-14,23,25-26,34-35H,15-17H2,1-4H3,(H,31,37)(H,32,36). The summed E-state index contributed by atoms with van der Waals surface area (Å²) in [6.45, 7) is 7.31. The minimum atomic E-state index is -1.63. The molecule has 1 aliphatic rings. The first-order chi connectivity index (χ1) is 19.0. The molecule has 3 amide bonds. The molecule has 0 radical (unpaired) electrons. The maximum atomic E-state index is 13.8. The van der Waals surface area contributed by atoms with E-state index in [1.54, 1.807) is 38.1 Å². The fourth-order valence-corrected chi connectivity index (χ4v) is 6.02. The molecule has 1 fully saturated rings. The van der Waals surface area contributed by atoms with E-state index in [2.05, 4.69) is 10.6 Å². The van der Waals surface area contributed by atoms with Crippen LogP contribution in [0.4, 0.5) is 0 Å². The van der Waals surface area contributed by atoms with Gasteiger partial charge in [-0.3, -0.25) is 14.4 Å². The monoisotopic (exact) mass is 565 g/mol. The van der Waals surface area contributed by atoms with Crippen LogP contribution in [0, 0.1) is 13.8 Å². The van der Waals surface area contributed by atoms with E-state index >= 15 is 0 Å². The Labute approximate surface area is 237 Å². The number of carbonyl (C=O) groups is 3. The molecule has 0 saturated carbocycles. The maximum absolute atomic E-state index is 13.8. The summed E-state index contributed by atoms with van der Waals surface area (Å²) in [4.78, 5) is 41.7. The van der Waals surface area contributed by atoms with E-state index in [-0.39, 0.29) is 36.1 Å². The molecule has 1 saturated heterocycles. The van der Waals surface area contributed by atoms with E-state index in [9.17, 15) is 24.6 Å². The molecule has 3 unspecified atom stereocenters. The smallest absolute Gasteiger partial charge is 0.254 e. The highest BCUT2D eigenvalue weighted by molar-refractivity contribution is 8.00. The molecule has 40 heavy (non-hydrogen) atoms. The van der Waals surface area contributed by atoms with Crippen molar-refractivity contribution in [3.05, 3.63) is 88.9 Å². The van der Waals surface area contributed by atoms with E-state index in [0.717, 1.165) is 5.56 Å². The van der Waals surface area contributed by atoms with Crippen molar-refractivity contribution in [1.82, 2.24) is 15.5 Å². The number of carbonyl (C=O) groups excluding carboxylic acids is 3. The third-order valence-electron chi connectivity index (χ3n) is 7.22. The molecule has 3 atom stereocenters. The Kier molecular flexibility index (Phi) is 8.90. The number of hydrogen-bond donors (Lipinski definition) is 4. The van der Waals surface area contributed by atoms with Gasteiger partial charge in [-0.25, -0.2) is 0 Å². The number of aliphatic hydroxyl groups is 1. The molecular formula is C30H35N3O6S. The molecule has 0 spiro atoms. The van der Waals surface area contributed by atoms with Gasteiger partial charge in [0.15, 0.2) is 6.10 Å². The number of furan rings is 1. The predicted molar refractivity (Wildman–Crippen MR) is 153 cm³/mol. The zero-order valence-electron chi connectivity index (χ0n) is 23.0. The van der Waals surface area contributed by atoms with Gasteiger partial charge in [0.25, 0.3) is 11.8 Å². The third kappa shape index (κ3) is 6.34. The first-order valence-corrected chi connectivity index (χ1v) is 14.0. The fraction of sp³-hybridized carbons (Fsp3) is 0.367. The van der Waals surface area contributed by atoms with Crippen LogP contribution in [0.15, 0.2) is 65.3 Å². The molecule has 212 valence electrons. The highest BCUT2D eigenvalue weighted by Crippen LogP contribution is 2.40. The van der Waals surface area contributed by atoms with Gasteiger partial charge in [-0.1, -0.05) is 36.4 Å². The Morgan fingerprint density at radius 1 is 1.10 bits per heavy atom. The Hall–Kier alpha value is -3.76. The van der Waals surface area contributed by atoms with Crippen LogP contribution in [0.25, 0.3) is 0 Å². The average molecular weight is 566 g/mol.